The Bertz CT molecular complexity index is 996. The van der Waals surface area contributed by atoms with Crippen LogP contribution in [-0.2, 0) is 11.3 Å². The van der Waals surface area contributed by atoms with Gasteiger partial charge in [-0.15, -0.1) is 23.1 Å². The Balaban J connectivity index is 1.54. The van der Waals surface area contributed by atoms with Crippen LogP contribution in [0.15, 0.2) is 40.6 Å². The first-order valence-electron chi connectivity index (χ1n) is 8.02. The largest absolute Gasteiger partial charge is 0.348 e. The summed E-state index contributed by atoms with van der Waals surface area (Å²) in [5, 5.41) is 11.9. The minimum Gasteiger partial charge on any atom is -0.348 e. The maximum atomic E-state index is 13.6. The van der Waals surface area contributed by atoms with Gasteiger partial charge in [-0.2, -0.15) is 5.10 Å². The molecule has 1 amide bonds. The van der Waals surface area contributed by atoms with Crippen molar-refractivity contribution in [1.29, 1.82) is 0 Å². The molecule has 3 heterocycles. The highest BCUT2D eigenvalue weighted by molar-refractivity contribution is 7.99. The minimum atomic E-state index is -0.289. The Hall–Kier alpha value is -1.97. The van der Waals surface area contributed by atoms with Gasteiger partial charge in [0.15, 0.2) is 10.6 Å². The third-order valence-corrected chi connectivity index (χ3v) is 6.45. The lowest BCUT2D eigenvalue weighted by atomic mass is 10.0. The molecule has 26 heavy (non-hydrogen) atoms. The zero-order valence-electron chi connectivity index (χ0n) is 13.6. The molecule has 0 radical (unpaired) electrons. The zero-order chi connectivity index (χ0) is 18.1. The predicted octanol–water partition coefficient (Wildman–Crippen LogP) is 4.16. The van der Waals surface area contributed by atoms with Crippen molar-refractivity contribution in [3.63, 3.8) is 0 Å². The first-order valence-corrected chi connectivity index (χ1v) is 10.3. The Morgan fingerprint density at radius 2 is 2.35 bits per heavy atom. The number of aromatic amines is 1. The van der Waals surface area contributed by atoms with Crippen LogP contribution in [0.2, 0.25) is 0 Å². The van der Waals surface area contributed by atoms with Crippen molar-refractivity contribution >= 4 is 41.2 Å². The molecule has 1 aliphatic rings. The first kappa shape index (κ1) is 17.4. The molecule has 0 saturated carbocycles. The number of rotatable bonds is 4. The highest BCUT2D eigenvalue weighted by Crippen LogP contribution is 2.36. The van der Waals surface area contributed by atoms with Crippen molar-refractivity contribution in [1.82, 2.24) is 20.1 Å². The van der Waals surface area contributed by atoms with Crippen LogP contribution in [0.4, 0.5) is 4.39 Å². The molecular formula is C17H15FN4OS3. The van der Waals surface area contributed by atoms with Gasteiger partial charge in [0.2, 0.25) is 5.91 Å². The number of thioether (sulfide) groups is 1. The summed E-state index contributed by atoms with van der Waals surface area (Å²) >= 11 is 8.48. The van der Waals surface area contributed by atoms with E-state index in [0.717, 1.165) is 27.5 Å². The van der Waals surface area contributed by atoms with Crippen molar-refractivity contribution in [3.8, 4) is 10.7 Å². The molecule has 134 valence electrons. The van der Waals surface area contributed by atoms with Gasteiger partial charge in [-0.25, -0.2) is 4.39 Å². The number of hydrogen-bond acceptors (Lipinski definition) is 5. The molecule has 3 aromatic rings. The number of aromatic nitrogens is 3. The van der Waals surface area contributed by atoms with E-state index in [2.05, 4.69) is 15.5 Å². The quantitative estimate of drug-likeness (QED) is 0.639. The van der Waals surface area contributed by atoms with Crippen LogP contribution in [0.25, 0.3) is 10.7 Å². The molecule has 0 bridgehead atoms. The van der Waals surface area contributed by atoms with E-state index in [1.165, 1.54) is 23.5 Å². The van der Waals surface area contributed by atoms with E-state index in [0.29, 0.717) is 10.6 Å². The third-order valence-electron chi connectivity index (χ3n) is 4.15. The zero-order valence-corrected chi connectivity index (χ0v) is 16.0. The molecule has 1 unspecified atom stereocenters. The number of carbonyl (C=O) groups excluding carboxylic acids is 1. The van der Waals surface area contributed by atoms with Crippen LogP contribution < -0.4 is 5.32 Å². The number of carbonyl (C=O) groups is 1. The van der Waals surface area contributed by atoms with E-state index < -0.39 is 0 Å². The van der Waals surface area contributed by atoms with Gasteiger partial charge in [0.1, 0.15) is 12.4 Å². The molecule has 0 aliphatic carbocycles. The molecule has 2 N–H and O–H groups in total. The first-order chi connectivity index (χ1) is 12.6. The second kappa shape index (κ2) is 7.34. The predicted molar refractivity (Wildman–Crippen MR) is 103 cm³/mol. The molecule has 2 aromatic heterocycles. The van der Waals surface area contributed by atoms with Gasteiger partial charge in [-0.05, 0) is 53.8 Å². The second-order valence-electron chi connectivity index (χ2n) is 5.86. The summed E-state index contributed by atoms with van der Waals surface area (Å²) in [5.74, 6) is 1.07. The maximum absolute atomic E-state index is 13.6. The Morgan fingerprint density at radius 1 is 1.46 bits per heavy atom. The van der Waals surface area contributed by atoms with Crippen LogP contribution in [-0.4, -0.2) is 26.4 Å². The van der Waals surface area contributed by atoms with Gasteiger partial charge in [-0.1, -0.05) is 6.07 Å². The summed E-state index contributed by atoms with van der Waals surface area (Å²) in [4.78, 5) is 14.6. The summed E-state index contributed by atoms with van der Waals surface area (Å²) in [6.45, 7) is 0.0663. The Morgan fingerprint density at radius 3 is 3.15 bits per heavy atom. The smallest absolute Gasteiger partial charge is 0.240 e. The standard InChI is InChI=1S/C17H15FN4OS3/c18-10-3-4-13-11(8-10)12(5-7-26-13)19-15(23)9-22-16(20-21-17(22)24)14-2-1-6-25-14/h1-4,6,8,12H,5,7,9H2,(H,19,23)(H,21,24). The van der Waals surface area contributed by atoms with Gasteiger partial charge < -0.3 is 5.32 Å². The van der Waals surface area contributed by atoms with E-state index >= 15 is 0 Å². The highest BCUT2D eigenvalue weighted by atomic mass is 32.2. The van der Waals surface area contributed by atoms with Crippen LogP contribution in [0.1, 0.15) is 18.0 Å². The molecule has 9 heteroatoms. The van der Waals surface area contributed by atoms with Crippen LogP contribution >= 0.6 is 35.3 Å². The fraction of sp³-hybridized carbons (Fsp3) is 0.235. The summed E-state index contributed by atoms with van der Waals surface area (Å²) in [6.07, 6.45) is 0.765. The Labute approximate surface area is 162 Å². The average Bonchev–Trinajstić information content (AvgIpc) is 3.26. The molecule has 0 spiro atoms. The topological polar surface area (TPSA) is 62.7 Å². The summed E-state index contributed by atoms with van der Waals surface area (Å²) in [7, 11) is 0. The van der Waals surface area contributed by atoms with E-state index in [9.17, 15) is 9.18 Å². The van der Waals surface area contributed by atoms with Gasteiger partial charge in [0.25, 0.3) is 0 Å². The number of halogens is 1. The molecular weight excluding hydrogens is 391 g/mol. The lowest BCUT2D eigenvalue weighted by Gasteiger charge is -2.26. The fourth-order valence-corrected chi connectivity index (χ4v) is 4.98. The average molecular weight is 407 g/mol. The lowest BCUT2D eigenvalue weighted by molar-refractivity contribution is -0.122. The monoisotopic (exact) mass is 406 g/mol. The van der Waals surface area contributed by atoms with Crippen LogP contribution in [0.5, 0.6) is 0 Å². The number of nitrogens with zero attached hydrogens (tertiary/aromatic N) is 2. The van der Waals surface area contributed by atoms with E-state index in [1.54, 1.807) is 22.4 Å². The van der Waals surface area contributed by atoms with Crippen molar-refractivity contribution < 1.29 is 9.18 Å². The molecule has 5 nitrogen and oxygen atoms in total. The van der Waals surface area contributed by atoms with Crippen molar-refractivity contribution in [2.75, 3.05) is 5.75 Å². The molecule has 1 aliphatic heterocycles. The number of benzene rings is 1. The van der Waals surface area contributed by atoms with E-state index in [1.807, 2.05) is 17.5 Å². The minimum absolute atomic E-state index is 0.0663. The van der Waals surface area contributed by atoms with Gasteiger partial charge in [-0.3, -0.25) is 14.5 Å². The van der Waals surface area contributed by atoms with Gasteiger partial charge in [0.05, 0.1) is 10.9 Å². The number of hydrogen-bond donors (Lipinski definition) is 2. The molecule has 1 atom stereocenters. The summed E-state index contributed by atoms with van der Waals surface area (Å²) < 4.78 is 15.7. The lowest BCUT2D eigenvalue weighted by Crippen LogP contribution is -2.33. The number of thiophene rings is 1. The molecule has 4 rings (SSSR count). The number of nitrogens with one attached hydrogen (secondary N) is 2. The molecule has 1 aromatic carbocycles. The molecule has 0 fully saturated rings. The van der Waals surface area contributed by atoms with Crippen molar-refractivity contribution in [3.05, 3.63) is 51.9 Å². The Kier molecular flexibility index (Phi) is 4.92. The van der Waals surface area contributed by atoms with Crippen molar-refractivity contribution in [2.45, 2.75) is 23.9 Å². The van der Waals surface area contributed by atoms with Crippen LogP contribution in [0, 0.1) is 10.6 Å². The van der Waals surface area contributed by atoms with E-state index in [-0.39, 0.29) is 24.3 Å². The normalized spacial score (nSPS) is 16.3. The maximum Gasteiger partial charge on any atom is 0.240 e. The molecule has 0 saturated heterocycles. The second-order valence-corrected chi connectivity index (χ2v) is 8.33. The number of fused-ring (bicyclic) bond motifs is 1. The highest BCUT2D eigenvalue weighted by Gasteiger charge is 2.23. The third kappa shape index (κ3) is 3.46. The van der Waals surface area contributed by atoms with Gasteiger partial charge in [0, 0.05) is 10.6 Å². The number of amides is 1. The fourth-order valence-electron chi connectivity index (χ4n) is 2.96. The van der Waals surface area contributed by atoms with Crippen molar-refractivity contribution in [2.24, 2.45) is 0 Å². The SMILES string of the molecule is O=C(Cn1c(-c2cccs2)n[nH]c1=S)NC1CCSc2ccc(F)cc21. The summed E-state index contributed by atoms with van der Waals surface area (Å²) in [5.41, 5.74) is 0.837. The summed E-state index contributed by atoms with van der Waals surface area (Å²) in [6, 6.07) is 8.39. The van der Waals surface area contributed by atoms with Crippen LogP contribution in [0.3, 0.4) is 0 Å². The number of H-pyrrole nitrogens is 1. The van der Waals surface area contributed by atoms with Gasteiger partial charge >= 0.3 is 0 Å². The van der Waals surface area contributed by atoms with E-state index in [4.69, 9.17) is 12.2 Å².